The van der Waals surface area contributed by atoms with Crippen LogP contribution in [0.25, 0.3) is 0 Å². The van der Waals surface area contributed by atoms with Crippen LogP contribution in [0.3, 0.4) is 0 Å². The van der Waals surface area contributed by atoms with E-state index in [1.54, 1.807) is 5.32 Å². The van der Waals surface area contributed by atoms with Crippen molar-refractivity contribution in [1.82, 2.24) is 21.3 Å². The molecule has 0 aromatic rings. The molecule has 0 unspecified atom stereocenters. The van der Waals surface area contributed by atoms with Crippen LogP contribution in [0.4, 0.5) is 0 Å². The molecule has 0 aromatic heterocycles. The summed E-state index contributed by atoms with van der Waals surface area (Å²) in [5, 5.41) is 27.8. The monoisotopic (exact) mass is 458 g/mol. The van der Waals surface area contributed by atoms with Crippen molar-refractivity contribution in [2.24, 2.45) is 0 Å². The van der Waals surface area contributed by atoms with Gasteiger partial charge in [-0.2, -0.15) is 0 Å². The van der Waals surface area contributed by atoms with Crippen molar-refractivity contribution < 1.29 is 39.0 Å². The van der Waals surface area contributed by atoms with Gasteiger partial charge in [0, 0.05) is 19.5 Å². The molecular formula is C20H34N4O8. The third-order valence-electron chi connectivity index (χ3n) is 4.33. The van der Waals surface area contributed by atoms with Gasteiger partial charge in [0.05, 0.1) is 6.54 Å². The van der Waals surface area contributed by atoms with Gasteiger partial charge in [0.25, 0.3) is 5.78 Å². The van der Waals surface area contributed by atoms with E-state index in [1.807, 2.05) is 0 Å². The Kier molecular flexibility index (Phi) is 17.4. The van der Waals surface area contributed by atoms with Crippen LogP contribution < -0.4 is 21.3 Å². The molecule has 0 aliphatic heterocycles. The number of aliphatic carboxylic acids is 2. The van der Waals surface area contributed by atoms with Crippen LogP contribution >= 0.6 is 0 Å². The second-order valence-electron chi connectivity index (χ2n) is 7.14. The summed E-state index contributed by atoms with van der Waals surface area (Å²) >= 11 is 0. The van der Waals surface area contributed by atoms with E-state index in [0.29, 0.717) is 19.5 Å². The molecule has 2 amide bonds. The first-order chi connectivity index (χ1) is 15.3. The summed E-state index contributed by atoms with van der Waals surface area (Å²) in [6.07, 6.45) is 6.99. The number of Topliss-reactive ketones (excluding diaryl/α,β-unsaturated/α-hetero) is 2. The van der Waals surface area contributed by atoms with Crippen molar-refractivity contribution in [3.63, 3.8) is 0 Å². The number of carboxylic acid groups (broad SMARTS) is 2. The van der Waals surface area contributed by atoms with Gasteiger partial charge in [-0.15, -0.1) is 0 Å². The molecule has 12 heteroatoms. The van der Waals surface area contributed by atoms with E-state index < -0.39 is 35.3 Å². The minimum absolute atomic E-state index is 0.189. The fourth-order valence-corrected chi connectivity index (χ4v) is 2.63. The van der Waals surface area contributed by atoms with E-state index in [0.717, 1.165) is 58.2 Å². The van der Waals surface area contributed by atoms with E-state index in [1.165, 1.54) is 0 Å². The fraction of sp³-hybridized carbons (Fsp3) is 0.700. The molecule has 0 radical (unpaired) electrons. The van der Waals surface area contributed by atoms with Crippen LogP contribution in [0.5, 0.6) is 0 Å². The highest BCUT2D eigenvalue weighted by Crippen LogP contribution is 2.04. The minimum atomic E-state index is -2.05. The molecule has 6 N–H and O–H groups in total. The number of amides is 2. The van der Waals surface area contributed by atoms with Gasteiger partial charge in [-0.3, -0.25) is 29.3 Å². The van der Waals surface area contributed by atoms with Crippen molar-refractivity contribution in [2.45, 2.75) is 51.4 Å². The zero-order valence-electron chi connectivity index (χ0n) is 18.2. The Labute approximate surface area is 186 Å². The van der Waals surface area contributed by atoms with Gasteiger partial charge in [0.2, 0.25) is 5.91 Å². The molecule has 0 heterocycles. The van der Waals surface area contributed by atoms with E-state index in [4.69, 9.17) is 10.2 Å². The molecule has 0 spiro atoms. The lowest BCUT2D eigenvalue weighted by molar-refractivity contribution is -0.155. The predicted molar refractivity (Wildman–Crippen MR) is 114 cm³/mol. The number of hydrogen-bond acceptors (Lipinski definition) is 9. The molecule has 0 aliphatic carbocycles. The topological polar surface area (TPSA) is 191 Å². The highest BCUT2D eigenvalue weighted by atomic mass is 16.4. The molecule has 0 bridgehead atoms. The molecule has 0 aliphatic rings. The van der Waals surface area contributed by atoms with Gasteiger partial charge in [0.1, 0.15) is 0 Å². The molecular weight excluding hydrogens is 424 g/mol. The van der Waals surface area contributed by atoms with Crippen molar-refractivity contribution in [3.8, 4) is 0 Å². The SMILES string of the molecule is O=C(O)CCCNCCNCCCCCCCCNCC(=O)NC(=O)C(=O)C(=O)C(=O)O. The maximum atomic E-state index is 11.5. The third-order valence-corrected chi connectivity index (χ3v) is 4.33. The molecule has 0 saturated heterocycles. The summed E-state index contributed by atoms with van der Waals surface area (Å²) in [6, 6.07) is 0. The molecule has 12 nitrogen and oxygen atoms in total. The fourth-order valence-electron chi connectivity index (χ4n) is 2.63. The highest BCUT2D eigenvalue weighted by molar-refractivity contribution is 6.77. The first-order valence-electron chi connectivity index (χ1n) is 10.8. The Morgan fingerprint density at radius 1 is 0.562 bits per heavy atom. The van der Waals surface area contributed by atoms with Gasteiger partial charge in [-0.05, 0) is 38.9 Å². The molecule has 182 valence electrons. The van der Waals surface area contributed by atoms with Crippen molar-refractivity contribution in [1.29, 1.82) is 0 Å². The minimum Gasteiger partial charge on any atom is -0.481 e. The first kappa shape index (κ1) is 29.3. The quantitative estimate of drug-likeness (QED) is 0.0689. The summed E-state index contributed by atoms with van der Waals surface area (Å²) in [6.45, 7) is 3.63. The number of imide groups is 1. The summed E-state index contributed by atoms with van der Waals surface area (Å²) in [4.78, 5) is 65.4. The van der Waals surface area contributed by atoms with Gasteiger partial charge in [0.15, 0.2) is 0 Å². The molecule has 0 aromatic carbocycles. The molecule has 0 rings (SSSR count). The Balaban J connectivity index is 3.42. The number of carbonyl (C=O) groups excluding carboxylic acids is 4. The number of rotatable bonds is 21. The van der Waals surface area contributed by atoms with E-state index >= 15 is 0 Å². The molecule has 32 heavy (non-hydrogen) atoms. The average Bonchev–Trinajstić information content (AvgIpc) is 2.74. The number of nitrogens with one attached hydrogen (secondary N) is 4. The Bertz CT molecular complexity index is 639. The smallest absolute Gasteiger partial charge is 0.381 e. The van der Waals surface area contributed by atoms with Gasteiger partial charge < -0.3 is 26.2 Å². The Morgan fingerprint density at radius 2 is 1.06 bits per heavy atom. The van der Waals surface area contributed by atoms with Crippen LogP contribution in [0.2, 0.25) is 0 Å². The zero-order chi connectivity index (χ0) is 24.2. The van der Waals surface area contributed by atoms with Gasteiger partial charge in [-0.25, -0.2) is 4.79 Å². The van der Waals surface area contributed by atoms with Crippen LogP contribution in [0.1, 0.15) is 51.4 Å². The number of carboxylic acids is 2. The van der Waals surface area contributed by atoms with E-state index in [-0.39, 0.29) is 13.0 Å². The summed E-state index contributed by atoms with van der Waals surface area (Å²) in [7, 11) is 0. The summed E-state index contributed by atoms with van der Waals surface area (Å²) in [5.41, 5.74) is 0. The molecule has 0 fully saturated rings. The second kappa shape index (κ2) is 19.0. The molecule has 0 atom stereocenters. The van der Waals surface area contributed by atoms with Crippen molar-refractivity contribution in [2.75, 3.05) is 39.3 Å². The first-order valence-corrected chi connectivity index (χ1v) is 10.8. The van der Waals surface area contributed by atoms with Crippen molar-refractivity contribution >= 4 is 35.3 Å². The van der Waals surface area contributed by atoms with Crippen LogP contribution in [-0.4, -0.2) is 84.8 Å². The molecule has 0 saturated carbocycles. The van der Waals surface area contributed by atoms with Crippen molar-refractivity contribution in [3.05, 3.63) is 0 Å². The van der Waals surface area contributed by atoms with E-state index in [9.17, 15) is 28.8 Å². The predicted octanol–water partition coefficient (Wildman–Crippen LogP) is -1.17. The lowest BCUT2D eigenvalue weighted by Gasteiger charge is -2.07. The standard InChI is InChI=1S/C20H34N4O8/c25-15(24-19(30)17(28)18(29)20(31)32)14-23-10-6-4-2-1-3-5-9-21-12-13-22-11-7-8-16(26)27/h21-23H,1-14H2,(H,26,27)(H,31,32)(H,24,25,30). The number of unbranched alkanes of at least 4 members (excludes halogenated alkanes) is 5. The van der Waals surface area contributed by atoms with Crippen LogP contribution in [0, 0.1) is 0 Å². The Hall–Kier alpha value is -2.70. The summed E-state index contributed by atoms with van der Waals surface area (Å²) < 4.78 is 0. The summed E-state index contributed by atoms with van der Waals surface area (Å²) in [5.74, 6) is -8.86. The lowest BCUT2D eigenvalue weighted by atomic mass is 10.1. The second-order valence-corrected chi connectivity index (χ2v) is 7.14. The lowest BCUT2D eigenvalue weighted by Crippen LogP contribution is -2.44. The largest absolute Gasteiger partial charge is 0.481 e. The average molecular weight is 459 g/mol. The number of carbonyl (C=O) groups is 6. The number of hydrogen-bond donors (Lipinski definition) is 6. The van der Waals surface area contributed by atoms with E-state index in [2.05, 4.69) is 16.0 Å². The maximum absolute atomic E-state index is 11.5. The zero-order valence-corrected chi connectivity index (χ0v) is 18.2. The number of ketones is 2. The van der Waals surface area contributed by atoms with Crippen LogP contribution in [-0.2, 0) is 28.8 Å². The maximum Gasteiger partial charge on any atom is 0.381 e. The van der Waals surface area contributed by atoms with Gasteiger partial charge in [-0.1, -0.05) is 25.7 Å². The van der Waals surface area contributed by atoms with Gasteiger partial charge >= 0.3 is 23.6 Å². The third kappa shape index (κ3) is 17.0. The van der Waals surface area contributed by atoms with Crippen LogP contribution in [0.15, 0.2) is 0 Å². The highest BCUT2D eigenvalue weighted by Gasteiger charge is 2.29. The Morgan fingerprint density at radius 3 is 1.59 bits per heavy atom. The normalized spacial score (nSPS) is 10.5.